The van der Waals surface area contributed by atoms with Crippen LogP contribution in [0.5, 0.6) is 5.75 Å². The largest absolute Gasteiger partial charge is 0.486 e. The highest BCUT2D eigenvalue weighted by Crippen LogP contribution is 2.23. The van der Waals surface area contributed by atoms with Gasteiger partial charge in [0.1, 0.15) is 11.4 Å². The Balaban J connectivity index is 2.93. The zero-order chi connectivity index (χ0) is 11.5. The first-order chi connectivity index (χ1) is 6.98. The monoisotopic (exact) mass is 204 g/mol. The molecule has 15 heavy (non-hydrogen) atoms. The van der Waals surface area contributed by atoms with Gasteiger partial charge in [0.2, 0.25) is 0 Å². The molecule has 0 aromatic heterocycles. The van der Waals surface area contributed by atoms with Gasteiger partial charge in [-0.15, -0.1) is 0 Å². The second kappa shape index (κ2) is 4.33. The van der Waals surface area contributed by atoms with Gasteiger partial charge >= 0.3 is 0 Å². The summed E-state index contributed by atoms with van der Waals surface area (Å²) in [4.78, 5) is 0. The van der Waals surface area contributed by atoms with Crippen molar-refractivity contribution in [2.45, 2.75) is 26.4 Å². The molecule has 2 N–H and O–H groups in total. The van der Waals surface area contributed by atoms with E-state index in [0.717, 1.165) is 11.3 Å². The van der Waals surface area contributed by atoms with Gasteiger partial charge in [-0.1, -0.05) is 0 Å². The number of rotatable bonds is 3. The number of nitriles is 1. The SMILES string of the molecule is Cc1cc(C#N)ccc1OC(C)(C)CN. The van der Waals surface area contributed by atoms with Crippen molar-refractivity contribution in [1.29, 1.82) is 5.26 Å². The Morgan fingerprint density at radius 2 is 2.13 bits per heavy atom. The van der Waals surface area contributed by atoms with Gasteiger partial charge in [0.05, 0.1) is 11.6 Å². The highest BCUT2D eigenvalue weighted by atomic mass is 16.5. The van der Waals surface area contributed by atoms with Crippen molar-refractivity contribution in [3.8, 4) is 11.8 Å². The second-order valence-electron chi connectivity index (χ2n) is 4.16. The number of nitrogens with zero attached hydrogens (tertiary/aromatic N) is 1. The van der Waals surface area contributed by atoms with Gasteiger partial charge < -0.3 is 10.5 Å². The van der Waals surface area contributed by atoms with E-state index in [1.807, 2.05) is 32.9 Å². The van der Waals surface area contributed by atoms with Crippen molar-refractivity contribution >= 4 is 0 Å². The van der Waals surface area contributed by atoms with Gasteiger partial charge in [-0.3, -0.25) is 0 Å². The minimum absolute atomic E-state index is 0.376. The van der Waals surface area contributed by atoms with Gasteiger partial charge in [0.25, 0.3) is 0 Å². The molecule has 1 rings (SSSR count). The first kappa shape index (κ1) is 11.5. The summed E-state index contributed by atoms with van der Waals surface area (Å²) in [6, 6.07) is 7.45. The topological polar surface area (TPSA) is 59.0 Å². The fourth-order valence-corrected chi connectivity index (χ4v) is 1.17. The van der Waals surface area contributed by atoms with Gasteiger partial charge in [-0.2, -0.15) is 5.26 Å². The summed E-state index contributed by atoms with van der Waals surface area (Å²) in [7, 11) is 0. The van der Waals surface area contributed by atoms with Crippen LogP contribution in [0.3, 0.4) is 0 Å². The van der Waals surface area contributed by atoms with E-state index in [2.05, 4.69) is 6.07 Å². The third-order valence-electron chi connectivity index (χ3n) is 2.18. The number of hydrogen-bond donors (Lipinski definition) is 1. The van der Waals surface area contributed by atoms with Crippen molar-refractivity contribution in [2.75, 3.05) is 6.54 Å². The first-order valence-corrected chi connectivity index (χ1v) is 4.88. The molecule has 0 aliphatic heterocycles. The molecule has 0 radical (unpaired) electrons. The maximum atomic E-state index is 8.72. The van der Waals surface area contributed by atoms with Gasteiger partial charge in [0.15, 0.2) is 0 Å². The van der Waals surface area contributed by atoms with Crippen molar-refractivity contribution in [3.05, 3.63) is 29.3 Å². The number of benzene rings is 1. The zero-order valence-electron chi connectivity index (χ0n) is 9.37. The fraction of sp³-hybridized carbons (Fsp3) is 0.417. The van der Waals surface area contributed by atoms with Crippen LogP contribution in [0.4, 0.5) is 0 Å². The summed E-state index contributed by atoms with van der Waals surface area (Å²) >= 11 is 0. The minimum atomic E-state index is -0.376. The van der Waals surface area contributed by atoms with E-state index >= 15 is 0 Å². The molecule has 0 saturated heterocycles. The summed E-state index contributed by atoms with van der Waals surface area (Å²) < 4.78 is 5.75. The molecule has 0 aliphatic rings. The van der Waals surface area contributed by atoms with Crippen LogP contribution in [0.1, 0.15) is 25.0 Å². The van der Waals surface area contributed by atoms with E-state index in [-0.39, 0.29) is 5.60 Å². The Morgan fingerprint density at radius 3 is 2.60 bits per heavy atom. The van der Waals surface area contributed by atoms with Gasteiger partial charge in [-0.25, -0.2) is 0 Å². The van der Waals surface area contributed by atoms with E-state index in [1.54, 1.807) is 6.07 Å². The third-order valence-corrected chi connectivity index (χ3v) is 2.18. The lowest BCUT2D eigenvalue weighted by Crippen LogP contribution is -2.37. The first-order valence-electron chi connectivity index (χ1n) is 4.88. The lowest BCUT2D eigenvalue weighted by molar-refractivity contribution is 0.118. The van der Waals surface area contributed by atoms with Crippen LogP contribution in [0, 0.1) is 18.3 Å². The predicted molar refractivity (Wildman–Crippen MR) is 59.7 cm³/mol. The average Bonchev–Trinajstić information content (AvgIpc) is 2.21. The third kappa shape index (κ3) is 2.97. The Hall–Kier alpha value is -1.53. The molecule has 0 unspecified atom stereocenters. The molecule has 3 nitrogen and oxygen atoms in total. The fourth-order valence-electron chi connectivity index (χ4n) is 1.17. The summed E-state index contributed by atoms with van der Waals surface area (Å²) in [5, 5.41) is 8.72. The maximum absolute atomic E-state index is 8.72. The standard InChI is InChI=1S/C12H16N2O/c1-9-6-10(7-13)4-5-11(9)15-12(2,3)8-14/h4-6H,8,14H2,1-3H3. The number of nitrogens with two attached hydrogens (primary N) is 1. The van der Waals surface area contributed by atoms with Crippen molar-refractivity contribution < 1.29 is 4.74 Å². The van der Waals surface area contributed by atoms with Crippen LogP contribution in [0.2, 0.25) is 0 Å². The van der Waals surface area contributed by atoms with Crippen LogP contribution in [0.25, 0.3) is 0 Å². The van der Waals surface area contributed by atoms with Crippen molar-refractivity contribution in [3.63, 3.8) is 0 Å². The molecule has 0 amide bonds. The normalized spacial score (nSPS) is 10.9. The molecule has 1 aromatic rings. The van der Waals surface area contributed by atoms with E-state index in [1.165, 1.54) is 0 Å². The quantitative estimate of drug-likeness (QED) is 0.819. The lowest BCUT2D eigenvalue weighted by Gasteiger charge is -2.25. The van der Waals surface area contributed by atoms with E-state index in [4.69, 9.17) is 15.7 Å². The highest BCUT2D eigenvalue weighted by Gasteiger charge is 2.18. The molecular formula is C12H16N2O. The predicted octanol–water partition coefficient (Wildman–Crippen LogP) is 1.98. The van der Waals surface area contributed by atoms with E-state index in [0.29, 0.717) is 12.1 Å². The number of ether oxygens (including phenoxy) is 1. The Bertz CT molecular complexity index is 391. The van der Waals surface area contributed by atoms with Crippen LogP contribution in [-0.2, 0) is 0 Å². The maximum Gasteiger partial charge on any atom is 0.123 e. The Kier molecular flexibility index (Phi) is 3.33. The average molecular weight is 204 g/mol. The minimum Gasteiger partial charge on any atom is -0.486 e. The van der Waals surface area contributed by atoms with Crippen LogP contribution >= 0.6 is 0 Å². The molecule has 0 atom stereocenters. The summed E-state index contributed by atoms with van der Waals surface area (Å²) in [6.07, 6.45) is 0. The van der Waals surface area contributed by atoms with E-state index < -0.39 is 0 Å². The molecular weight excluding hydrogens is 188 g/mol. The summed E-state index contributed by atoms with van der Waals surface area (Å²) in [5.74, 6) is 0.782. The highest BCUT2D eigenvalue weighted by molar-refractivity contribution is 5.41. The molecule has 80 valence electrons. The molecule has 0 bridgehead atoms. The molecule has 0 aliphatic carbocycles. The summed E-state index contributed by atoms with van der Waals surface area (Å²) in [5.41, 5.74) is 6.80. The number of aryl methyl sites for hydroxylation is 1. The molecule has 0 spiro atoms. The Morgan fingerprint density at radius 1 is 1.47 bits per heavy atom. The molecule has 0 fully saturated rings. The Labute approximate surface area is 90.5 Å². The molecule has 1 aromatic carbocycles. The number of hydrogen-bond acceptors (Lipinski definition) is 3. The second-order valence-corrected chi connectivity index (χ2v) is 4.16. The zero-order valence-corrected chi connectivity index (χ0v) is 9.37. The summed E-state index contributed by atoms with van der Waals surface area (Å²) in [6.45, 7) is 6.24. The molecule has 3 heteroatoms. The lowest BCUT2D eigenvalue weighted by atomic mass is 10.1. The molecule has 0 saturated carbocycles. The van der Waals surface area contributed by atoms with Crippen LogP contribution in [-0.4, -0.2) is 12.1 Å². The van der Waals surface area contributed by atoms with Crippen LogP contribution < -0.4 is 10.5 Å². The molecule has 0 heterocycles. The van der Waals surface area contributed by atoms with Crippen molar-refractivity contribution in [2.24, 2.45) is 5.73 Å². The van der Waals surface area contributed by atoms with Crippen molar-refractivity contribution in [1.82, 2.24) is 0 Å². The smallest absolute Gasteiger partial charge is 0.123 e. The van der Waals surface area contributed by atoms with Crippen LogP contribution in [0.15, 0.2) is 18.2 Å². The van der Waals surface area contributed by atoms with Gasteiger partial charge in [-0.05, 0) is 44.5 Å². The van der Waals surface area contributed by atoms with E-state index in [9.17, 15) is 0 Å². The van der Waals surface area contributed by atoms with Gasteiger partial charge in [0, 0.05) is 6.54 Å².